The van der Waals surface area contributed by atoms with Crippen molar-refractivity contribution < 1.29 is 9.13 Å². The summed E-state index contributed by atoms with van der Waals surface area (Å²) in [6.07, 6.45) is 2.31. The van der Waals surface area contributed by atoms with E-state index in [0.29, 0.717) is 18.4 Å². The fraction of sp³-hybridized carbons (Fsp3) is 0.538. The Kier molecular flexibility index (Phi) is 6.52. The Labute approximate surface area is 111 Å². The molecule has 96 valence electrons. The summed E-state index contributed by atoms with van der Waals surface area (Å²) >= 11 is 3.21. The molecule has 17 heavy (non-hydrogen) atoms. The van der Waals surface area contributed by atoms with Crippen molar-refractivity contribution in [3.8, 4) is 5.75 Å². The van der Waals surface area contributed by atoms with Crippen LogP contribution >= 0.6 is 15.9 Å². The molecule has 0 bridgehead atoms. The molecule has 2 nitrogen and oxygen atoms in total. The summed E-state index contributed by atoms with van der Waals surface area (Å²) in [5, 5.41) is 3.33. The normalized spacial score (nSPS) is 12.5. The van der Waals surface area contributed by atoms with Gasteiger partial charge in [0.25, 0.3) is 0 Å². The topological polar surface area (TPSA) is 21.3 Å². The van der Waals surface area contributed by atoms with Crippen molar-refractivity contribution in [2.24, 2.45) is 0 Å². The van der Waals surface area contributed by atoms with Crippen molar-refractivity contribution in [1.82, 2.24) is 5.32 Å². The highest BCUT2D eigenvalue weighted by molar-refractivity contribution is 9.10. The van der Waals surface area contributed by atoms with E-state index in [-0.39, 0.29) is 5.82 Å². The minimum Gasteiger partial charge on any atom is -0.489 e. The van der Waals surface area contributed by atoms with E-state index < -0.39 is 0 Å². The summed E-state index contributed by atoms with van der Waals surface area (Å²) in [6, 6.07) is 5.29. The van der Waals surface area contributed by atoms with Crippen LogP contribution < -0.4 is 10.1 Å². The van der Waals surface area contributed by atoms with Crippen molar-refractivity contribution in [2.45, 2.75) is 32.7 Å². The molecule has 0 amide bonds. The molecule has 0 aliphatic heterocycles. The second kappa shape index (κ2) is 7.67. The Morgan fingerprint density at radius 1 is 1.47 bits per heavy atom. The predicted molar refractivity (Wildman–Crippen MR) is 72.0 cm³/mol. The molecule has 0 heterocycles. The first kappa shape index (κ1) is 14.5. The predicted octanol–water partition coefficient (Wildman–Crippen LogP) is 3.75. The Morgan fingerprint density at radius 2 is 2.24 bits per heavy atom. The summed E-state index contributed by atoms with van der Waals surface area (Å²) in [5.41, 5.74) is 0. The number of rotatable bonds is 7. The third kappa shape index (κ3) is 5.50. The number of hydrogen-bond donors (Lipinski definition) is 1. The largest absolute Gasteiger partial charge is 0.489 e. The van der Waals surface area contributed by atoms with E-state index in [1.807, 2.05) is 0 Å². The van der Waals surface area contributed by atoms with E-state index in [9.17, 15) is 4.39 Å². The molecule has 1 aromatic rings. The molecule has 0 fully saturated rings. The molecule has 0 aliphatic carbocycles. The van der Waals surface area contributed by atoms with Crippen molar-refractivity contribution >= 4 is 15.9 Å². The van der Waals surface area contributed by atoms with Crippen LogP contribution in [0.25, 0.3) is 0 Å². The van der Waals surface area contributed by atoms with Crippen molar-refractivity contribution in [1.29, 1.82) is 0 Å². The smallest absolute Gasteiger partial charge is 0.166 e. The van der Waals surface area contributed by atoms with Crippen molar-refractivity contribution in [2.75, 3.05) is 13.2 Å². The van der Waals surface area contributed by atoms with E-state index in [1.165, 1.54) is 6.07 Å². The molecule has 0 aromatic heterocycles. The summed E-state index contributed by atoms with van der Waals surface area (Å²) in [4.78, 5) is 0. The van der Waals surface area contributed by atoms with E-state index in [0.717, 1.165) is 23.9 Å². The summed E-state index contributed by atoms with van der Waals surface area (Å²) in [6.45, 7) is 5.51. The third-order valence-corrected chi connectivity index (χ3v) is 2.96. The molecule has 0 aliphatic rings. The lowest BCUT2D eigenvalue weighted by molar-refractivity contribution is 0.291. The van der Waals surface area contributed by atoms with Gasteiger partial charge in [0.05, 0.1) is 0 Å². The van der Waals surface area contributed by atoms with Gasteiger partial charge in [0, 0.05) is 17.1 Å². The standard InChI is InChI=1S/C13H19BrFNO/c1-3-4-10(2)16-7-8-17-13-6-5-11(14)9-12(13)15/h5-6,9-10,16H,3-4,7-8H2,1-2H3. The van der Waals surface area contributed by atoms with Crippen LogP contribution in [-0.2, 0) is 0 Å². The lowest BCUT2D eigenvalue weighted by Crippen LogP contribution is -2.30. The van der Waals surface area contributed by atoms with Crippen LogP contribution in [0.1, 0.15) is 26.7 Å². The quantitative estimate of drug-likeness (QED) is 0.775. The lowest BCUT2D eigenvalue weighted by Gasteiger charge is -2.13. The second-order valence-corrected chi connectivity index (χ2v) is 4.98. The zero-order valence-electron chi connectivity index (χ0n) is 10.3. The van der Waals surface area contributed by atoms with Gasteiger partial charge in [0.15, 0.2) is 11.6 Å². The minimum absolute atomic E-state index is 0.304. The minimum atomic E-state index is -0.332. The van der Waals surface area contributed by atoms with Gasteiger partial charge in [-0.05, 0) is 31.5 Å². The SMILES string of the molecule is CCCC(C)NCCOc1ccc(Br)cc1F. The maximum atomic E-state index is 13.4. The molecule has 1 aromatic carbocycles. The third-order valence-electron chi connectivity index (χ3n) is 2.47. The van der Waals surface area contributed by atoms with Crippen LogP contribution in [-0.4, -0.2) is 19.2 Å². The van der Waals surface area contributed by atoms with E-state index >= 15 is 0 Å². The molecule has 0 spiro atoms. The molecular weight excluding hydrogens is 285 g/mol. The van der Waals surface area contributed by atoms with Crippen LogP contribution in [0.2, 0.25) is 0 Å². The van der Waals surface area contributed by atoms with Crippen LogP contribution in [0.15, 0.2) is 22.7 Å². The monoisotopic (exact) mass is 303 g/mol. The summed E-state index contributed by atoms with van der Waals surface area (Å²) in [5.74, 6) is -0.0286. The first-order valence-corrected chi connectivity index (χ1v) is 6.74. The highest BCUT2D eigenvalue weighted by Gasteiger charge is 2.04. The number of nitrogens with one attached hydrogen (secondary N) is 1. The van der Waals surface area contributed by atoms with Crippen LogP contribution in [0.3, 0.4) is 0 Å². The number of hydrogen-bond acceptors (Lipinski definition) is 2. The average molecular weight is 304 g/mol. The van der Waals surface area contributed by atoms with Gasteiger partial charge in [-0.1, -0.05) is 29.3 Å². The van der Waals surface area contributed by atoms with Crippen molar-refractivity contribution in [3.63, 3.8) is 0 Å². The van der Waals surface area contributed by atoms with Crippen molar-refractivity contribution in [3.05, 3.63) is 28.5 Å². The molecule has 1 rings (SSSR count). The molecule has 1 N–H and O–H groups in total. The highest BCUT2D eigenvalue weighted by atomic mass is 79.9. The van der Waals surface area contributed by atoms with Gasteiger partial charge >= 0.3 is 0 Å². The van der Waals surface area contributed by atoms with Gasteiger partial charge in [-0.15, -0.1) is 0 Å². The fourth-order valence-electron chi connectivity index (χ4n) is 1.59. The highest BCUT2D eigenvalue weighted by Crippen LogP contribution is 2.21. The zero-order chi connectivity index (χ0) is 12.7. The fourth-order valence-corrected chi connectivity index (χ4v) is 1.93. The van der Waals surface area contributed by atoms with E-state index in [1.54, 1.807) is 12.1 Å². The summed E-state index contributed by atoms with van der Waals surface area (Å²) < 4.78 is 19.5. The first-order valence-electron chi connectivity index (χ1n) is 5.94. The Hall–Kier alpha value is -0.610. The number of halogens is 2. The molecule has 1 unspecified atom stereocenters. The zero-order valence-corrected chi connectivity index (χ0v) is 11.9. The second-order valence-electron chi connectivity index (χ2n) is 4.07. The molecule has 1 atom stereocenters. The van der Waals surface area contributed by atoms with Gasteiger partial charge in [-0.3, -0.25) is 0 Å². The molecule has 4 heteroatoms. The van der Waals surface area contributed by atoms with Crippen LogP contribution in [0.5, 0.6) is 5.75 Å². The number of benzene rings is 1. The maximum absolute atomic E-state index is 13.4. The van der Waals surface area contributed by atoms with Crippen LogP contribution in [0, 0.1) is 5.82 Å². The van der Waals surface area contributed by atoms with Gasteiger partial charge in [-0.25, -0.2) is 4.39 Å². The summed E-state index contributed by atoms with van der Waals surface area (Å²) in [7, 11) is 0. The first-order chi connectivity index (χ1) is 8.13. The lowest BCUT2D eigenvalue weighted by atomic mass is 10.2. The van der Waals surface area contributed by atoms with Crippen LogP contribution in [0.4, 0.5) is 4.39 Å². The Bertz CT molecular complexity index is 346. The Balaban J connectivity index is 2.26. The maximum Gasteiger partial charge on any atom is 0.166 e. The van der Waals surface area contributed by atoms with Gasteiger partial charge in [-0.2, -0.15) is 0 Å². The molecule has 0 saturated carbocycles. The van der Waals surface area contributed by atoms with E-state index in [4.69, 9.17) is 4.74 Å². The van der Waals surface area contributed by atoms with E-state index in [2.05, 4.69) is 35.1 Å². The molecule has 0 radical (unpaired) electrons. The Morgan fingerprint density at radius 3 is 2.88 bits per heavy atom. The van der Waals surface area contributed by atoms with Gasteiger partial charge in [0.1, 0.15) is 6.61 Å². The van der Waals surface area contributed by atoms with Gasteiger partial charge < -0.3 is 10.1 Å². The average Bonchev–Trinajstić information content (AvgIpc) is 2.27. The molecule has 0 saturated heterocycles. The molecular formula is C13H19BrFNO. The van der Waals surface area contributed by atoms with Gasteiger partial charge in [0.2, 0.25) is 0 Å². The number of ether oxygens (including phenoxy) is 1.